The van der Waals surface area contributed by atoms with Gasteiger partial charge in [-0.25, -0.2) is 0 Å². The van der Waals surface area contributed by atoms with Gasteiger partial charge in [-0.3, -0.25) is 0 Å². The molecule has 9 rings (SSSR count). The highest BCUT2D eigenvalue weighted by Gasteiger charge is 2.54. The zero-order valence-electron chi connectivity index (χ0n) is 24.4. The predicted octanol–water partition coefficient (Wildman–Crippen LogP) is 10.7. The van der Waals surface area contributed by atoms with Gasteiger partial charge in [0.05, 0.1) is 20.6 Å². The summed E-state index contributed by atoms with van der Waals surface area (Å²) in [5.74, 6) is 3.25. The van der Waals surface area contributed by atoms with Crippen molar-refractivity contribution in [3.05, 3.63) is 213 Å². The minimum Gasteiger partial charge on any atom is -0.452 e. The van der Waals surface area contributed by atoms with Crippen LogP contribution in [0.25, 0.3) is 0 Å². The summed E-state index contributed by atoms with van der Waals surface area (Å²) < 4.78 is 14.0. The first kappa shape index (κ1) is 26.1. The molecule has 0 aliphatic carbocycles. The van der Waals surface area contributed by atoms with E-state index in [-0.39, 0.29) is 0 Å². The molecule has 0 saturated carbocycles. The monoisotopic (exact) mass is 596 g/mol. The molecule has 1 aromatic heterocycles. The number of hydrogen-bond donors (Lipinski definition) is 0. The molecule has 3 heteroatoms. The zero-order chi connectivity index (χ0) is 29.8. The van der Waals surface area contributed by atoms with E-state index in [1.165, 1.54) is 22.3 Å². The Morgan fingerprint density at radius 1 is 0.333 bits per heavy atom. The number of benzene rings is 6. The Morgan fingerprint density at radius 3 is 0.956 bits per heavy atom. The number of ether oxygens (including phenoxy) is 2. The fraction of sp³-hybridized carbons (Fsp3) is 0.0476. The standard InChI is InChI=1S/C42H28O2S/c1-5-17-29(18-6-1)41(30-19-7-2-8-20-30)33-25-13-15-27-35(33)43-37-38-40(45-39(37)41)42(31-21-9-3-10-22-31,32-23-11-4-12-24-32)34-26-14-16-28-36(34)44-38/h1-28H. The maximum atomic E-state index is 6.98. The largest absolute Gasteiger partial charge is 0.452 e. The lowest BCUT2D eigenvalue weighted by Gasteiger charge is -2.40. The summed E-state index contributed by atoms with van der Waals surface area (Å²) in [6, 6.07) is 60.3. The third-order valence-corrected chi connectivity index (χ3v) is 10.7. The Bertz CT molecular complexity index is 1920. The Balaban J connectivity index is 1.47. The van der Waals surface area contributed by atoms with Crippen molar-refractivity contribution in [3.8, 4) is 23.0 Å². The molecule has 45 heavy (non-hydrogen) atoms. The van der Waals surface area contributed by atoms with E-state index in [2.05, 4.69) is 170 Å². The number of fused-ring (bicyclic) bond motifs is 5. The lowest BCUT2D eigenvalue weighted by Crippen LogP contribution is -2.33. The molecule has 2 nitrogen and oxygen atoms in total. The molecule has 0 bridgehead atoms. The first-order chi connectivity index (χ1) is 22.3. The van der Waals surface area contributed by atoms with Crippen LogP contribution in [-0.2, 0) is 10.8 Å². The van der Waals surface area contributed by atoms with Crippen LogP contribution in [-0.4, -0.2) is 0 Å². The Kier molecular flexibility index (Phi) is 5.84. The van der Waals surface area contributed by atoms with Gasteiger partial charge in [-0.2, -0.15) is 0 Å². The van der Waals surface area contributed by atoms with E-state index in [9.17, 15) is 0 Å². The minimum atomic E-state index is -0.622. The third kappa shape index (κ3) is 3.56. The molecule has 0 N–H and O–H groups in total. The van der Waals surface area contributed by atoms with Gasteiger partial charge in [-0.05, 0) is 34.4 Å². The molecule has 214 valence electrons. The molecular formula is C42H28O2S. The van der Waals surface area contributed by atoms with Gasteiger partial charge < -0.3 is 9.47 Å². The van der Waals surface area contributed by atoms with Crippen LogP contribution in [0.5, 0.6) is 23.0 Å². The van der Waals surface area contributed by atoms with Crippen molar-refractivity contribution in [1.82, 2.24) is 0 Å². The van der Waals surface area contributed by atoms with Crippen molar-refractivity contribution < 1.29 is 9.47 Å². The molecule has 2 aliphatic rings. The smallest absolute Gasteiger partial charge is 0.185 e. The molecule has 7 aromatic rings. The van der Waals surface area contributed by atoms with Gasteiger partial charge in [0.25, 0.3) is 0 Å². The van der Waals surface area contributed by atoms with E-state index in [1.807, 2.05) is 11.3 Å². The molecule has 0 spiro atoms. The van der Waals surface area contributed by atoms with Gasteiger partial charge in [0.15, 0.2) is 11.5 Å². The molecule has 0 unspecified atom stereocenters. The van der Waals surface area contributed by atoms with Crippen molar-refractivity contribution in [3.63, 3.8) is 0 Å². The van der Waals surface area contributed by atoms with E-state index in [0.29, 0.717) is 0 Å². The van der Waals surface area contributed by atoms with Crippen molar-refractivity contribution in [2.75, 3.05) is 0 Å². The summed E-state index contributed by atoms with van der Waals surface area (Å²) >= 11 is 1.81. The lowest BCUT2D eigenvalue weighted by molar-refractivity contribution is 0.382. The molecule has 2 aliphatic heterocycles. The second kappa shape index (κ2) is 10.1. The second-order valence-corrected chi connectivity index (χ2v) is 12.6. The average molecular weight is 597 g/mol. The van der Waals surface area contributed by atoms with E-state index < -0.39 is 10.8 Å². The molecule has 0 radical (unpaired) electrons. The predicted molar refractivity (Wildman–Crippen MR) is 181 cm³/mol. The van der Waals surface area contributed by atoms with Gasteiger partial charge in [0.2, 0.25) is 0 Å². The van der Waals surface area contributed by atoms with Crippen molar-refractivity contribution in [2.24, 2.45) is 0 Å². The van der Waals surface area contributed by atoms with Crippen LogP contribution in [0.2, 0.25) is 0 Å². The summed E-state index contributed by atoms with van der Waals surface area (Å²) in [6.07, 6.45) is 0. The average Bonchev–Trinajstić information content (AvgIpc) is 3.49. The van der Waals surface area contributed by atoms with Crippen LogP contribution < -0.4 is 9.47 Å². The van der Waals surface area contributed by atoms with E-state index >= 15 is 0 Å². The van der Waals surface area contributed by atoms with E-state index in [0.717, 1.165) is 43.9 Å². The zero-order valence-corrected chi connectivity index (χ0v) is 25.2. The summed E-state index contributed by atoms with van der Waals surface area (Å²) in [4.78, 5) is 2.24. The van der Waals surface area contributed by atoms with Crippen molar-refractivity contribution in [1.29, 1.82) is 0 Å². The van der Waals surface area contributed by atoms with Crippen LogP contribution in [0.4, 0.5) is 0 Å². The highest BCUT2D eigenvalue weighted by molar-refractivity contribution is 7.13. The van der Waals surface area contributed by atoms with Gasteiger partial charge in [0.1, 0.15) is 11.5 Å². The van der Waals surface area contributed by atoms with Crippen LogP contribution in [0, 0.1) is 0 Å². The number of rotatable bonds is 4. The summed E-state index contributed by atoms with van der Waals surface area (Å²) in [5, 5.41) is 0. The molecule has 0 amide bonds. The molecular weight excluding hydrogens is 569 g/mol. The molecule has 0 fully saturated rings. The maximum absolute atomic E-state index is 6.98. The Hall–Kier alpha value is -5.38. The van der Waals surface area contributed by atoms with Gasteiger partial charge in [0, 0.05) is 11.1 Å². The SMILES string of the molecule is c1ccc(C2(c3ccccc3)c3ccccc3Oc3c2sc2c3Oc3ccccc3C2(c2ccccc2)c2ccccc2)cc1. The van der Waals surface area contributed by atoms with E-state index in [1.54, 1.807) is 0 Å². The van der Waals surface area contributed by atoms with Crippen LogP contribution >= 0.6 is 11.3 Å². The summed E-state index contributed by atoms with van der Waals surface area (Å²) in [7, 11) is 0. The first-order valence-electron chi connectivity index (χ1n) is 15.3. The Labute approximate surface area is 266 Å². The highest BCUT2D eigenvalue weighted by Crippen LogP contribution is 2.67. The first-order valence-corrected chi connectivity index (χ1v) is 16.1. The number of para-hydroxylation sites is 2. The van der Waals surface area contributed by atoms with Crippen molar-refractivity contribution in [2.45, 2.75) is 10.8 Å². The molecule has 3 heterocycles. The number of thiophene rings is 1. The van der Waals surface area contributed by atoms with Crippen LogP contribution in [0.3, 0.4) is 0 Å². The molecule has 0 atom stereocenters. The van der Waals surface area contributed by atoms with Crippen LogP contribution in [0.15, 0.2) is 170 Å². The molecule has 0 saturated heterocycles. The minimum absolute atomic E-state index is 0.622. The van der Waals surface area contributed by atoms with Gasteiger partial charge in [-0.15, -0.1) is 11.3 Å². The molecule has 6 aromatic carbocycles. The lowest BCUT2D eigenvalue weighted by atomic mass is 9.66. The van der Waals surface area contributed by atoms with Crippen LogP contribution in [0.1, 0.15) is 43.1 Å². The van der Waals surface area contributed by atoms with E-state index in [4.69, 9.17) is 9.47 Å². The summed E-state index contributed by atoms with van der Waals surface area (Å²) in [6.45, 7) is 0. The topological polar surface area (TPSA) is 18.5 Å². The van der Waals surface area contributed by atoms with Gasteiger partial charge >= 0.3 is 0 Å². The number of hydrogen-bond acceptors (Lipinski definition) is 3. The normalized spacial score (nSPS) is 14.9. The quantitative estimate of drug-likeness (QED) is 0.201. The van der Waals surface area contributed by atoms with Gasteiger partial charge in [-0.1, -0.05) is 158 Å². The second-order valence-electron chi connectivity index (χ2n) is 11.6. The fourth-order valence-corrected chi connectivity index (χ4v) is 9.16. The summed E-state index contributed by atoms with van der Waals surface area (Å²) in [5.41, 5.74) is 5.76. The third-order valence-electron chi connectivity index (χ3n) is 9.34. The van der Waals surface area contributed by atoms with Crippen molar-refractivity contribution >= 4 is 11.3 Å². The fourth-order valence-electron chi connectivity index (χ4n) is 7.51. The highest BCUT2D eigenvalue weighted by atomic mass is 32.1. The Morgan fingerprint density at radius 2 is 0.622 bits per heavy atom. The maximum Gasteiger partial charge on any atom is 0.185 e.